The molecule has 0 aliphatic rings. The highest BCUT2D eigenvalue weighted by molar-refractivity contribution is 7.98. The van der Waals surface area contributed by atoms with Gasteiger partial charge >= 0.3 is 0 Å². The van der Waals surface area contributed by atoms with Crippen molar-refractivity contribution in [3.63, 3.8) is 0 Å². The lowest BCUT2D eigenvalue weighted by molar-refractivity contribution is 0.174. The van der Waals surface area contributed by atoms with Gasteiger partial charge in [-0.15, -0.1) is 10.2 Å². The Balaban J connectivity index is 1.94. The molecule has 0 aromatic carbocycles. The van der Waals surface area contributed by atoms with Crippen LogP contribution in [0.25, 0.3) is 0 Å². The first-order valence-corrected chi connectivity index (χ1v) is 6.74. The van der Waals surface area contributed by atoms with Crippen molar-refractivity contribution in [1.82, 2.24) is 24.9 Å². The standard InChI is InChI=1S/C10H16N6O2S/c1-16-8(3-4-11)13-14-10(16)19-6-9-12-7(5-17-2)15-18-9/h3-6,11H2,1-2H3. The van der Waals surface area contributed by atoms with E-state index in [1.165, 1.54) is 11.8 Å². The number of thioether (sulfide) groups is 1. The molecule has 2 N–H and O–H groups in total. The molecular weight excluding hydrogens is 268 g/mol. The molecular formula is C10H16N6O2S. The quantitative estimate of drug-likeness (QED) is 0.716. The molecule has 0 aliphatic heterocycles. The second-order valence-electron chi connectivity index (χ2n) is 3.82. The second kappa shape index (κ2) is 6.64. The normalized spacial score (nSPS) is 11.1. The van der Waals surface area contributed by atoms with Crippen LogP contribution in [0, 0.1) is 0 Å². The third-order valence-corrected chi connectivity index (χ3v) is 3.41. The van der Waals surface area contributed by atoms with Gasteiger partial charge in [0.25, 0.3) is 0 Å². The summed E-state index contributed by atoms with van der Waals surface area (Å²) in [5.41, 5.74) is 5.50. The van der Waals surface area contributed by atoms with Crippen LogP contribution in [-0.4, -0.2) is 38.6 Å². The number of nitrogens with zero attached hydrogens (tertiary/aromatic N) is 5. The van der Waals surface area contributed by atoms with Gasteiger partial charge in [0.1, 0.15) is 12.4 Å². The topological polar surface area (TPSA) is 105 Å². The maximum atomic E-state index is 5.50. The number of hydrogen-bond donors (Lipinski definition) is 1. The summed E-state index contributed by atoms with van der Waals surface area (Å²) in [6.45, 7) is 0.902. The van der Waals surface area contributed by atoms with Crippen molar-refractivity contribution in [3.8, 4) is 0 Å². The van der Waals surface area contributed by atoms with Crippen LogP contribution >= 0.6 is 11.8 Å². The predicted molar refractivity (Wildman–Crippen MR) is 68.3 cm³/mol. The molecule has 9 heteroatoms. The maximum Gasteiger partial charge on any atom is 0.237 e. The Morgan fingerprint density at radius 3 is 3.00 bits per heavy atom. The van der Waals surface area contributed by atoms with Crippen molar-refractivity contribution in [3.05, 3.63) is 17.5 Å². The fourth-order valence-corrected chi connectivity index (χ4v) is 2.25. The molecule has 0 bridgehead atoms. The van der Waals surface area contributed by atoms with E-state index in [4.69, 9.17) is 15.0 Å². The second-order valence-corrected chi connectivity index (χ2v) is 4.77. The van der Waals surface area contributed by atoms with Gasteiger partial charge in [-0.2, -0.15) is 4.98 Å². The molecule has 2 aromatic heterocycles. The van der Waals surface area contributed by atoms with E-state index in [0.717, 1.165) is 11.0 Å². The summed E-state index contributed by atoms with van der Waals surface area (Å²) in [5.74, 6) is 2.50. The molecule has 0 unspecified atom stereocenters. The van der Waals surface area contributed by atoms with E-state index in [2.05, 4.69) is 20.3 Å². The van der Waals surface area contributed by atoms with Gasteiger partial charge in [0.05, 0.1) is 5.75 Å². The number of methoxy groups -OCH3 is 1. The fraction of sp³-hybridized carbons (Fsp3) is 0.600. The molecule has 0 atom stereocenters. The Kier molecular flexibility index (Phi) is 4.88. The van der Waals surface area contributed by atoms with Gasteiger partial charge in [0.2, 0.25) is 5.89 Å². The Labute approximate surface area is 114 Å². The summed E-state index contributed by atoms with van der Waals surface area (Å²) < 4.78 is 11.9. The maximum absolute atomic E-state index is 5.50. The zero-order chi connectivity index (χ0) is 13.7. The first kappa shape index (κ1) is 14.0. The Morgan fingerprint density at radius 1 is 1.42 bits per heavy atom. The Hall–Kier alpha value is -1.45. The lowest BCUT2D eigenvalue weighted by atomic mass is 10.4. The molecule has 19 heavy (non-hydrogen) atoms. The van der Waals surface area contributed by atoms with Gasteiger partial charge in [-0.3, -0.25) is 0 Å². The average Bonchev–Trinajstić information content (AvgIpc) is 2.97. The fourth-order valence-electron chi connectivity index (χ4n) is 1.48. The molecule has 0 spiro atoms. The van der Waals surface area contributed by atoms with Crippen LogP contribution < -0.4 is 5.73 Å². The van der Waals surface area contributed by atoms with Gasteiger partial charge in [0.15, 0.2) is 11.0 Å². The summed E-state index contributed by atoms with van der Waals surface area (Å²) in [5, 5.41) is 12.8. The highest BCUT2D eigenvalue weighted by Gasteiger charge is 2.11. The smallest absolute Gasteiger partial charge is 0.237 e. The first-order valence-electron chi connectivity index (χ1n) is 5.76. The van der Waals surface area contributed by atoms with Gasteiger partial charge < -0.3 is 19.6 Å². The van der Waals surface area contributed by atoms with Crippen LogP contribution in [0.2, 0.25) is 0 Å². The average molecular weight is 284 g/mol. The van der Waals surface area contributed by atoms with Crippen LogP contribution in [-0.2, 0) is 30.6 Å². The predicted octanol–water partition coefficient (Wildman–Crippen LogP) is 0.138. The molecule has 8 nitrogen and oxygen atoms in total. The van der Waals surface area contributed by atoms with Crippen LogP contribution in [0.15, 0.2) is 9.68 Å². The SMILES string of the molecule is COCc1noc(CSc2nnc(CCN)n2C)n1. The number of rotatable bonds is 7. The molecule has 0 aliphatic carbocycles. The summed E-state index contributed by atoms with van der Waals surface area (Å²) in [6.07, 6.45) is 0.711. The largest absolute Gasteiger partial charge is 0.377 e. The number of nitrogens with two attached hydrogens (primary N) is 1. The molecule has 0 radical (unpaired) electrons. The summed E-state index contributed by atoms with van der Waals surface area (Å²) in [7, 11) is 3.50. The lowest BCUT2D eigenvalue weighted by Gasteiger charge is -2.00. The van der Waals surface area contributed by atoms with Crippen molar-refractivity contribution in [2.75, 3.05) is 13.7 Å². The third-order valence-electron chi connectivity index (χ3n) is 2.40. The van der Waals surface area contributed by atoms with Crippen molar-refractivity contribution < 1.29 is 9.26 Å². The summed E-state index contributed by atoms with van der Waals surface area (Å²) in [6, 6.07) is 0. The van der Waals surface area contributed by atoms with Crippen molar-refractivity contribution in [2.45, 2.75) is 23.9 Å². The van der Waals surface area contributed by atoms with E-state index in [-0.39, 0.29) is 0 Å². The van der Waals surface area contributed by atoms with E-state index in [1.807, 2.05) is 11.6 Å². The first-order chi connectivity index (χ1) is 9.24. The number of aromatic nitrogens is 5. The van der Waals surface area contributed by atoms with Crippen LogP contribution in [0.4, 0.5) is 0 Å². The number of hydrogen-bond acceptors (Lipinski definition) is 8. The lowest BCUT2D eigenvalue weighted by Crippen LogP contribution is -2.08. The molecule has 0 amide bonds. The van der Waals surface area contributed by atoms with E-state index in [0.29, 0.717) is 37.0 Å². The molecule has 2 aromatic rings. The third kappa shape index (κ3) is 3.52. The monoisotopic (exact) mass is 284 g/mol. The number of ether oxygens (including phenoxy) is 1. The van der Waals surface area contributed by atoms with Gasteiger partial charge in [-0.25, -0.2) is 0 Å². The molecule has 2 rings (SSSR count). The minimum Gasteiger partial charge on any atom is -0.377 e. The summed E-state index contributed by atoms with van der Waals surface area (Å²) in [4.78, 5) is 4.19. The zero-order valence-electron chi connectivity index (χ0n) is 10.9. The summed E-state index contributed by atoms with van der Waals surface area (Å²) >= 11 is 1.49. The minimum atomic E-state index is 0.346. The van der Waals surface area contributed by atoms with Crippen molar-refractivity contribution in [2.24, 2.45) is 12.8 Å². The molecule has 0 saturated carbocycles. The van der Waals surface area contributed by atoms with Gasteiger partial charge in [-0.05, 0) is 6.54 Å². The molecule has 0 saturated heterocycles. The minimum absolute atomic E-state index is 0.346. The zero-order valence-corrected chi connectivity index (χ0v) is 11.7. The van der Waals surface area contributed by atoms with Crippen molar-refractivity contribution in [1.29, 1.82) is 0 Å². The van der Waals surface area contributed by atoms with Crippen LogP contribution in [0.5, 0.6) is 0 Å². The van der Waals surface area contributed by atoms with E-state index in [9.17, 15) is 0 Å². The van der Waals surface area contributed by atoms with Gasteiger partial charge in [0, 0.05) is 20.6 Å². The Morgan fingerprint density at radius 2 is 2.26 bits per heavy atom. The van der Waals surface area contributed by atoms with E-state index < -0.39 is 0 Å². The van der Waals surface area contributed by atoms with Crippen LogP contribution in [0.1, 0.15) is 17.5 Å². The van der Waals surface area contributed by atoms with E-state index >= 15 is 0 Å². The van der Waals surface area contributed by atoms with Crippen molar-refractivity contribution >= 4 is 11.8 Å². The molecule has 2 heterocycles. The van der Waals surface area contributed by atoms with Gasteiger partial charge in [-0.1, -0.05) is 16.9 Å². The van der Waals surface area contributed by atoms with Crippen LogP contribution in [0.3, 0.4) is 0 Å². The highest BCUT2D eigenvalue weighted by atomic mass is 32.2. The molecule has 104 valence electrons. The Bertz CT molecular complexity index is 526. The molecule has 0 fully saturated rings. The van der Waals surface area contributed by atoms with E-state index in [1.54, 1.807) is 7.11 Å². The highest BCUT2D eigenvalue weighted by Crippen LogP contribution is 2.20.